The molecule has 0 unspecified atom stereocenters. The van der Waals surface area contributed by atoms with Crippen LogP contribution in [0.25, 0.3) is 0 Å². The Hall–Kier alpha value is -3.01. The maximum atomic E-state index is 12.8. The van der Waals surface area contributed by atoms with E-state index in [4.69, 9.17) is 0 Å². The minimum Gasteiger partial charge on any atom is -0.375 e. The molecule has 158 valence electrons. The van der Waals surface area contributed by atoms with E-state index in [1.807, 2.05) is 0 Å². The minimum absolute atomic E-state index is 0.120. The Morgan fingerprint density at radius 2 is 1.71 bits per heavy atom. The molecule has 9 heteroatoms. The molecule has 0 aliphatic carbocycles. The van der Waals surface area contributed by atoms with Gasteiger partial charge in [0.05, 0.1) is 11.3 Å². The highest BCUT2D eigenvalue weighted by molar-refractivity contribution is 9.10. The molecule has 0 saturated carbocycles. The van der Waals surface area contributed by atoms with Gasteiger partial charge in [-0.1, -0.05) is 34.1 Å². The van der Waals surface area contributed by atoms with Gasteiger partial charge in [-0.3, -0.25) is 14.3 Å². The molecule has 0 fully saturated rings. The Bertz CT molecular complexity index is 1280. The van der Waals surface area contributed by atoms with Crippen molar-refractivity contribution < 1.29 is 23.1 Å². The fourth-order valence-electron chi connectivity index (χ4n) is 3.36. The molecule has 1 heterocycles. The van der Waals surface area contributed by atoms with E-state index in [0.717, 1.165) is 0 Å². The zero-order valence-electron chi connectivity index (χ0n) is 16.0. The summed E-state index contributed by atoms with van der Waals surface area (Å²) in [7, 11) is -3.75. The van der Waals surface area contributed by atoms with Crippen LogP contribution in [0.2, 0.25) is 0 Å². The molecule has 4 rings (SSSR count). The normalized spacial score (nSPS) is 17.7. The fraction of sp³-hybridized carbons (Fsp3) is 0.0909. The molecule has 0 saturated heterocycles. The molecule has 3 aromatic rings. The third-order valence-corrected chi connectivity index (χ3v) is 6.87. The van der Waals surface area contributed by atoms with Crippen LogP contribution in [0.4, 0.5) is 11.4 Å². The largest absolute Gasteiger partial charge is 0.375 e. The Kier molecular flexibility index (Phi) is 5.42. The van der Waals surface area contributed by atoms with Gasteiger partial charge in [0.25, 0.3) is 15.9 Å². The van der Waals surface area contributed by atoms with Crippen LogP contribution in [0.15, 0.2) is 82.2 Å². The fourth-order valence-corrected chi connectivity index (χ4v) is 4.80. The summed E-state index contributed by atoms with van der Waals surface area (Å²) < 4.78 is 27.9. The van der Waals surface area contributed by atoms with Crippen LogP contribution >= 0.6 is 15.9 Å². The molecule has 0 radical (unpaired) electrons. The van der Waals surface area contributed by atoms with Crippen molar-refractivity contribution in [2.24, 2.45) is 0 Å². The Morgan fingerprint density at radius 1 is 1.03 bits per heavy atom. The van der Waals surface area contributed by atoms with Crippen LogP contribution in [0.1, 0.15) is 22.3 Å². The molecule has 1 amide bonds. The number of rotatable bonds is 6. The number of halogens is 1. The summed E-state index contributed by atoms with van der Waals surface area (Å²) in [4.78, 5) is 25.3. The van der Waals surface area contributed by atoms with Crippen molar-refractivity contribution in [2.75, 3.05) is 10.0 Å². The number of anilines is 2. The summed E-state index contributed by atoms with van der Waals surface area (Å²) in [6, 6.07) is 18.7. The second-order valence-electron chi connectivity index (χ2n) is 7.10. The summed E-state index contributed by atoms with van der Waals surface area (Å²) in [6.07, 6.45) is -0.447. The van der Waals surface area contributed by atoms with Crippen LogP contribution in [0.5, 0.6) is 0 Å². The van der Waals surface area contributed by atoms with Gasteiger partial charge in [0.15, 0.2) is 11.4 Å². The van der Waals surface area contributed by atoms with Gasteiger partial charge < -0.3 is 10.4 Å². The van der Waals surface area contributed by atoms with Gasteiger partial charge in [-0.05, 0) is 54.6 Å². The van der Waals surface area contributed by atoms with Crippen LogP contribution in [0, 0.1) is 0 Å². The van der Waals surface area contributed by atoms with Gasteiger partial charge in [0.2, 0.25) is 0 Å². The molecule has 0 aromatic heterocycles. The SMILES string of the molecule is O=C(C[C@]1(O)C(=O)Nc2ccc(Br)cc21)c1ccc(NS(=O)(=O)c2ccccc2)cc1. The van der Waals surface area contributed by atoms with Gasteiger partial charge in [-0.2, -0.15) is 0 Å². The summed E-state index contributed by atoms with van der Waals surface area (Å²) in [5, 5.41) is 13.5. The van der Waals surface area contributed by atoms with E-state index in [9.17, 15) is 23.1 Å². The highest BCUT2D eigenvalue weighted by Crippen LogP contribution is 2.40. The second kappa shape index (κ2) is 7.92. The van der Waals surface area contributed by atoms with Crippen molar-refractivity contribution >= 4 is 49.0 Å². The number of sulfonamides is 1. The van der Waals surface area contributed by atoms with E-state index in [1.54, 1.807) is 36.4 Å². The summed E-state index contributed by atoms with van der Waals surface area (Å²) in [5.74, 6) is -1.12. The van der Waals surface area contributed by atoms with Gasteiger partial charge in [0.1, 0.15) is 0 Å². The lowest BCUT2D eigenvalue weighted by atomic mass is 9.88. The maximum absolute atomic E-state index is 12.8. The van der Waals surface area contributed by atoms with E-state index in [1.165, 1.54) is 36.4 Å². The summed E-state index contributed by atoms with van der Waals surface area (Å²) in [6.45, 7) is 0. The first kappa shape index (κ1) is 21.2. The smallest absolute Gasteiger partial charge is 0.261 e. The standard InChI is InChI=1S/C22H17BrN2O5S/c23-15-8-11-19-18(12-15)22(28,21(27)24-19)13-20(26)14-6-9-16(10-7-14)25-31(29,30)17-4-2-1-3-5-17/h1-12,25,28H,13H2,(H,24,27)/t22-/m1/s1. The number of hydrogen-bond acceptors (Lipinski definition) is 5. The number of aliphatic hydroxyl groups is 1. The third-order valence-electron chi connectivity index (χ3n) is 4.98. The van der Waals surface area contributed by atoms with Crippen LogP contribution in [0.3, 0.4) is 0 Å². The quantitative estimate of drug-likeness (QED) is 0.447. The number of amides is 1. The van der Waals surface area contributed by atoms with E-state index in [-0.39, 0.29) is 16.1 Å². The first-order valence-electron chi connectivity index (χ1n) is 9.24. The Balaban J connectivity index is 1.52. The lowest BCUT2D eigenvalue weighted by Gasteiger charge is -2.20. The van der Waals surface area contributed by atoms with Crippen LogP contribution in [-0.2, 0) is 20.4 Å². The number of fused-ring (bicyclic) bond motifs is 1. The number of ketones is 1. The highest BCUT2D eigenvalue weighted by Gasteiger charge is 2.46. The van der Waals surface area contributed by atoms with Crippen molar-refractivity contribution in [1.82, 2.24) is 0 Å². The lowest BCUT2D eigenvalue weighted by molar-refractivity contribution is -0.133. The number of hydrogen-bond donors (Lipinski definition) is 3. The predicted molar refractivity (Wildman–Crippen MR) is 119 cm³/mol. The molecule has 3 aromatic carbocycles. The number of nitrogens with one attached hydrogen (secondary N) is 2. The van der Waals surface area contributed by atoms with Crippen LogP contribution < -0.4 is 10.0 Å². The van der Waals surface area contributed by atoms with Gasteiger partial charge in [-0.25, -0.2) is 8.42 Å². The number of benzene rings is 3. The van der Waals surface area contributed by atoms with E-state index < -0.39 is 33.7 Å². The first-order valence-corrected chi connectivity index (χ1v) is 11.5. The number of Topliss-reactive ketones (excluding diaryl/α,β-unsaturated/α-hetero) is 1. The van der Waals surface area contributed by atoms with E-state index in [2.05, 4.69) is 26.0 Å². The molecule has 1 atom stereocenters. The topological polar surface area (TPSA) is 113 Å². The molecule has 3 N–H and O–H groups in total. The Morgan fingerprint density at radius 3 is 2.39 bits per heavy atom. The monoisotopic (exact) mass is 500 g/mol. The Labute approximate surface area is 187 Å². The highest BCUT2D eigenvalue weighted by atomic mass is 79.9. The minimum atomic E-state index is -3.75. The van der Waals surface area contributed by atoms with Crippen LogP contribution in [-0.4, -0.2) is 25.2 Å². The van der Waals surface area contributed by atoms with Crippen molar-refractivity contribution in [3.05, 3.63) is 88.4 Å². The summed E-state index contributed by atoms with van der Waals surface area (Å²) >= 11 is 3.31. The van der Waals surface area contributed by atoms with E-state index >= 15 is 0 Å². The summed E-state index contributed by atoms with van der Waals surface area (Å²) in [5.41, 5.74) is -0.676. The average molecular weight is 501 g/mol. The third kappa shape index (κ3) is 4.12. The van der Waals surface area contributed by atoms with Crippen molar-refractivity contribution in [1.29, 1.82) is 0 Å². The lowest BCUT2D eigenvalue weighted by Crippen LogP contribution is -2.36. The van der Waals surface area contributed by atoms with Crippen molar-refractivity contribution in [2.45, 2.75) is 16.9 Å². The molecule has 1 aliphatic rings. The molecule has 0 bridgehead atoms. The number of carbonyl (C=O) groups is 2. The average Bonchev–Trinajstić information content (AvgIpc) is 2.98. The first-order chi connectivity index (χ1) is 14.7. The molecule has 31 heavy (non-hydrogen) atoms. The molecule has 0 spiro atoms. The maximum Gasteiger partial charge on any atom is 0.261 e. The van der Waals surface area contributed by atoms with Gasteiger partial charge in [0, 0.05) is 27.0 Å². The molecule has 7 nitrogen and oxygen atoms in total. The van der Waals surface area contributed by atoms with Crippen molar-refractivity contribution in [3.8, 4) is 0 Å². The van der Waals surface area contributed by atoms with Gasteiger partial charge in [-0.15, -0.1) is 0 Å². The second-order valence-corrected chi connectivity index (χ2v) is 9.70. The van der Waals surface area contributed by atoms with E-state index in [0.29, 0.717) is 15.7 Å². The zero-order chi connectivity index (χ0) is 22.2. The molecule has 1 aliphatic heterocycles. The zero-order valence-corrected chi connectivity index (χ0v) is 18.4. The number of carbonyl (C=O) groups excluding carboxylic acids is 2. The predicted octanol–water partition coefficient (Wildman–Crippen LogP) is 3.66. The molecular formula is C22H17BrN2O5S. The van der Waals surface area contributed by atoms with Gasteiger partial charge >= 0.3 is 0 Å². The molecular weight excluding hydrogens is 484 g/mol. The van der Waals surface area contributed by atoms with Crippen molar-refractivity contribution in [3.63, 3.8) is 0 Å².